The van der Waals surface area contributed by atoms with E-state index < -0.39 is 17.7 Å². The summed E-state index contributed by atoms with van der Waals surface area (Å²) in [5.74, 6) is -0.742. The number of rotatable bonds is 8. The van der Waals surface area contributed by atoms with Gasteiger partial charge in [0.1, 0.15) is 18.1 Å². The highest BCUT2D eigenvalue weighted by molar-refractivity contribution is 7.10. The van der Waals surface area contributed by atoms with Crippen molar-refractivity contribution in [2.75, 3.05) is 6.54 Å². The van der Waals surface area contributed by atoms with Crippen LogP contribution >= 0.6 is 11.3 Å². The third-order valence-electron chi connectivity index (χ3n) is 7.64. The van der Waals surface area contributed by atoms with E-state index in [1.807, 2.05) is 73.9 Å². The Bertz CT molecular complexity index is 1770. The second-order valence-corrected chi connectivity index (χ2v) is 11.3. The molecule has 3 heterocycles. The number of hydrogen-bond acceptors (Lipinski definition) is 5. The number of benzene rings is 3. The van der Waals surface area contributed by atoms with E-state index >= 15 is 0 Å². The molecule has 1 unspecified atom stereocenters. The van der Waals surface area contributed by atoms with Crippen LogP contribution in [0.15, 0.2) is 102 Å². The zero-order valence-electron chi connectivity index (χ0n) is 22.9. The molecule has 1 atom stereocenters. The van der Waals surface area contributed by atoms with Gasteiger partial charge in [0.15, 0.2) is 0 Å². The Kier molecular flexibility index (Phi) is 7.20. The molecule has 1 aliphatic heterocycles. The maximum Gasteiger partial charge on any atom is 0.295 e. The van der Waals surface area contributed by atoms with E-state index in [4.69, 9.17) is 4.74 Å². The topological polar surface area (TPSA) is 71.8 Å². The quantitative estimate of drug-likeness (QED) is 0.128. The van der Waals surface area contributed by atoms with Crippen molar-refractivity contribution < 1.29 is 19.4 Å². The number of ether oxygens (including phenoxy) is 1. The smallest absolute Gasteiger partial charge is 0.295 e. The Hall–Kier alpha value is -4.62. The Morgan fingerprint density at radius 2 is 1.76 bits per heavy atom. The van der Waals surface area contributed by atoms with Crippen molar-refractivity contribution >= 4 is 39.7 Å². The zero-order valence-corrected chi connectivity index (χ0v) is 23.7. The van der Waals surface area contributed by atoms with Gasteiger partial charge in [0, 0.05) is 41.1 Å². The molecule has 206 valence electrons. The van der Waals surface area contributed by atoms with Crippen LogP contribution < -0.4 is 4.74 Å². The maximum absolute atomic E-state index is 13.4. The molecule has 1 aliphatic rings. The van der Waals surface area contributed by atoms with Gasteiger partial charge in [-0.25, -0.2) is 0 Å². The number of amides is 1. The van der Waals surface area contributed by atoms with Gasteiger partial charge in [-0.15, -0.1) is 11.3 Å². The summed E-state index contributed by atoms with van der Waals surface area (Å²) in [6, 6.07) is 26.5. The molecule has 3 aromatic carbocycles. The third kappa shape index (κ3) is 5.05. The van der Waals surface area contributed by atoms with Crippen LogP contribution in [0.25, 0.3) is 16.7 Å². The van der Waals surface area contributed by atoms with Crippen LogP contribution in [0, 0.1) is 6.92 Å². The molecule has 1 amide bonds. The Labute approximate surface area is 242 Å². The molecular weight excluding hydrogens is 532 g/mol. The summed E-state index contributed by atoms with van der Waals surface area (Å²) in [5.41, 5.74) is 4.69. The predicted octanol–water partition coefficient (Wildman–Crippen LogP) is 6.79. The van der Waals surface area contributed by atoms with Crippen LogP contribution in [0.2, 0.25) is 0 Å². The van der Waals surface area contributed by atoms with E-state index in [0.29, 0.717) is 30.9 Å². The molecule has 1 fully saturated rings. The van der Waals surface area contributed by atoms with E-state index in [1.165, 1.54) is 11.3 Å². The monoisotopic (exact) mass is 562 g/mol. The second-order valence-electron chi connectivity index (χ2n) is 10.3. The lowest BCUT2D eigenvalue weighted by atomic mass is 9.98. The number of aliphatic hydroxyl groups is 1. The molecular formula is C34H30N2O4S. The average Bonchev–Trinajstić information content (AvgIpc) is 3.69. The van der Waals surface area contributed by atoms with Crippen LogP contribution in [0.4, 0.5) is 0 Å². The molecule has 0 aliphatic carbocycles. The van der Waals surface area contributed by atoms with E-state index in [2.05, 4.69) is 22.9 Å². The highest BCUT2D eigenvalue weighted by atomic mass is 32.1. The number of ketones is 1. The number of aromatic nitrogens is 1. The Balaban J connectivity index is 1.30. The van der Waals surface area contributed by atoms with Crippen molar-refractivity contribution in [3.8, 4) is 5.75 Å². The van der Waals surface area contributed by atoms with Gasteiger partial charge in [0.2, 0.25) is 0 Å². The van der Waals surface area contributed by atoms with Gasteiger partial charge in [-0.1, -0.05) is 54.6 Å². The normalized spacial score (nSPS) is 16.5. The number of nitrogens with zero attached hydrogens (tertiary/aromatic N) is 2. The molecule has 1 saturated heterocycles. The summed E-state index contributed by atoms with van der Waals surface area (Å²) < 4.78 is 8.07. The van der Waals surface area contributed by atoms with Crippen LogP contribution in [-0.2, 0) is 29.7 Å². The Morgan fingerprint density at radius 1 is 0.976 bits per heavy atom. The molecule has 0 spiro atoms. The van der Waals surface area contributed by atoms with Crippen molar-refractivity contribution in [1.29, 1.82) is 0 Å². The summed E-state index contributed by atoms with van der Waals surface area (Å²) in [5, 5.41) is 14.5. The lowest BCUT2D eigenvalue weighted by molar-refractivity contribution is -0.139. The lowest BCUT2D eigenvalue weighted by Crippen LogP contribution is -2.31. The first kappa shape index (κ1) is 26.6. The van der Waals surface area contributed by atoms with Crippen molar-refractivity contribution in [2.24, 2.45) is 7.05 Å². The fraction of sp³-hybridized carbons (Fsp3) is 0.176. The van der Waals surface area contributed by atoms with E-state index in [0.717, 1.165) is 32.5 Å². The number of carbonyl (C=O) groups excluding carboxylic acids is 2. The number of thiophene rings is 1. The van der Waals surface area contributed by atoms with Gasteiger partial charge in [0.05, 0.1) is 11.6 Å². The summed E-state index contributed by atoms with van der Waals surface area (Å²) in [4.78, 5) is 29.3. The summed E-state index contributed by atoms with van der Waals surface area (Å²) in [6.07, 6.45) is 2.66. The van der Waals surface area contributed by atoms with Gasteiger partial charge >= 0.3 is 0 Å². The maximum atomic E-state index is 13.4. The first-order valence-corrected chi connectivity index (χ1v) is 14.4. The number of carbonyl (C=O) groups is 2. The molecule has 6 rings (SSSR count). The number of aryl methyl sites for hydroxylation is 2. The minimum absolute atomic E-state index is 0.118. The number of aliphatic hydroxyl groups excluding tert-OH is 1. The molecule has 7 heteroatoms. The van der Waals surface area contributed by atoms with Crippen LogP contribution in [0.3, 0.4) is 0 Å². The Morgan fingerprint density at radius 3 is 2.51 bits per heavy atom. The SMILES string of the molecule is Cc1cc(/C(O)=C2/C(=O)C(=O)N(CCc3cn(C)c4ccccc34)C2c2cccs2)ccc1OCc1ccccc1. The highest BCUT2D eigenvalue weighted by Gasteiger charge is 2.46. The largest absolute Gasteiger partial charge is 0.507 e. The molecule has 6 nitrogen and oxygen atoms in total. The van der Waals surface area contributed by atoms with Crippen LogP contribution in [0.1, 0.15) is 33.2 Å². The molecule has 0 bridgehead atoms. The van der Waals surface area contributed by atoms with Crippen molar-refractivity contribution in [3.05, 3.63) is 129 Å². The zero-order chi connectivity index (χ0) is 28.5. The second kappa shape index (κ2) is 11.1. The fourth-order valence-corrected chi connectivity index (χ4v) is 6.41. The van der Waals surface area contributed by atoms with Crippen LogP contribution in [0.5, 0.6) is 5.75 Å². The number of likely N-dealkylation sites (tertiary alicyclic amines) is 1. The number of hydrogen-bond donors (Lipinski definition) is 1. The predicted molar refractivity (Wildman–Crippen MR) is 162 cm³/mol. The van der Waals surface area contributed by atoms with Gasteiger partial charge < -0.3 is 19.3 Å². The van der Waals surface area contributed by atoms with Gasteiger partial charge in [-0.05, 0) is 65.7 Å². The molecule has 41 heavy (non-hydrogen) atoms. The summed E-state index contributed by atoms with van der Waals surface area (Å²) >= 11 is 1.47. The minimum Gasteiger partial charge on any atom is -0.507 e. The van der Waals surface area contributed by atoms with E-state index in [1.54, 1.807) is 23.1 Å². The number of Topliss-reactive ketones (excluding diaryl/α,β-unsaturated/α-hetero) is 1. The molecule has 5 aromatic rings. The minimum atomic E-state index is -0.666. The lowest BCUT2D eigenvalue weighted by Gasteiger charge is -2.24. The van der Waals surface area contributed by atoms with Crippen molar-refractivity contribution in [2.45, 2.75) is 26.0 Å². The first-order chi connectivity index (χ1) is 19.9. The molecule has 0 radical (unpaired) electrons. The van der Waals surface area contributed by atoms with E-state index in [-0.39, 0.29) is 11.3 Å². The van der Waals surface area contributed by atoms with Crippen molar-refractivity contribution in [3.63, 3.8) is 0 Å². The molecule has 1 N–H and O–H groups in total. The van der Waals surface area contributed by atoms with Crippen LogP contribution in [-0.4, -0.2) is 32.8 Å². The van der Waals surface area contributed by atoms with Gasteiger partial charge in [-0.3, -0.25) is 9.59 Å². The van der Waals surface area contributed by atoms with Gasteiger partial charge in [-0.2, -0.15) is 0 Å². The summed E-state index contributed by atoms with van der Waals surface area (Å²) in [7, 11) is 2.00. The standard InChI is InChI=1S/C34H30N2O4S/c1-22-19-24(14-15-28(22)40-21-23-9-4-3-5-10-23)32(37)30-31(29-13-8-18-41-29)36(34(39)33(30)38)17-16-25-20-35(2)27-12-7-6-11-26(25)27/h3-15,18-20,31,37H,16-17,21H2,1-2H3/b32-30-. The summed E-state index contributed by atoms with van der Waals surface area (Å²) in [6.45, 7) is 2.67. The van der Waals surface area contributed by atoms with E-state index in [9.17, 15) is 14.7 Å². The number of fused-ring (bicyclic) bond motifs is 1. The van der Waals surface area contributed by atoms with Crippen molar-refractivity contribution in [1.82, 2.24) is 9.47 Å². The van der Waals surface area contributed by atoms with Gasteiger partial charge in [0.25, 0.3) is 11.7 Å². The molecule has 0 saturated carbocycles. The fourth-order valence-electron chi connectivity index (χ4n) is 5.57. The average molecular weight is 563 g/mol. The third-order valence-corrected chi connectivity index (χ3v) is 8.56. The highest BCUT2D eigenvalue weighted by Crippen LogP contribution is 2.41. The number of para-hydroxylation sites is 1. The molecule has 2 aromatic heterocycles. The first-order valence-electron chi connectivity index (χ1n) is 13.5.